The van der Waals surface area contributed by atoms with Crippen LogP contribution in [0, 0.1) is 6.92 Å². The molecule has 0 aliphatic heterocycles. The van der Waals surface area contributed by atoms with Crippen LogP contribution in [-0.2, 0) is 14.3 Å². The molecule has 8 nitrogen and oxygen atoms in total. The monoisotopic (exact) mass is 284 g/mol. The number of nitrogens with two attached hydrogens (primary N) is 1. The molecular weight excluding hydrogens is 264 g/mol. The summed E-state index contributed by atoms with van der Waals surface area (Å²) in [4.78, 5) is 24.9. The summed E-state index contributed by atoms with van der Waals surface area (Å²) >= 11 is 0. The van der Waals surface area contributed by atoms with Crippen LogP contribution in [0.5, 0.6) is 0 Å². The third kappa shape index (κ3) is 4.98. The molecule has 0 aliphatic carbocycles. The van der Waals surface area contributed by atoms with Gasteiger partial charge in [-0.15, -0.1) is 0 Å². The molecule has 3 N–H and O–H groups in total. The molecule has 1 unspecified atom stereocenters. The van der Waals surface area contributed by atoms with Gasteiger partial charge < -0.3 is 25.2 Å². The molecule has 0 fully saturated rings. The minimum atomic E-state index is -0.351. The number of likely N-dealkylation sites (N-methyl/N-ethyl adjacent to an activating group) is 1. The number of hydrogen-bond donors (Lipinski definition) is 2. The van der Waals surface area contributed by atoms with E-state index in [1.165, 1.54) is 12.0 Å². The van der Waals surface area contributed by atoms with Crippen molar-refractivity contribution in [1.29, 1.82) is 0 Å². The van der Waals surface area contributed by atoms with Crippen LogP contribution in [0.4, 0.5) is 5.82 Å². The fourth-order valence-electron chi connectivity index (χ4n) is 1.52. The lowest BCUT2D eigenvalue weighted by molar-refractivity contribution is -0.135. The van der Waals surface area contributed by atoms with Crippen LogP contribution in [0.3, 0.4) is 0 Å². The Kier molecular flexibility index (Phi) is 6.13. The summed E-state index contributed by atoms with van der Waals surface area (Å²) in [6.45, 7) is 1.89. The number of carbonyl (C=O) groups is 2. The summed E-state index contributed by atoms with van der Waals surface area (Å²) in [5.74, 6) is 0.352. The lowest BCUT2D eigenvalue weighted by Crippen LogP contribution is -2.38. The van der Waals surface area contributed by atoms with Crippen molar-refractivity contribution in [3.63, 3.8) is 0 Å². The van der Waals surface area contributed by atoms with Crippen molar-refractivity contribution in [2.75, 3.05) is 32.6 Å². The second-order valence-corrected chi connectivity index (χ2v) is 4.42. The Morgan fingerprint density at radius 3 is 2.80 bits per heavy atom. The number of nitrogens with zero attached hydrogens (tertiary/aromatic N) is 2. The number of anilines is 1. The highest BCUT2D eigenvalue weighted by molar-refractivity contribution is 5.93. The van der Waals surface area contributed by atoms with Gasteiger partial charge in [-0.1, -0.05) is 5.16 Å². The fourth-order valence-corrected chi connectivity index (χ4v) is 1.52. The average molecular weight is 284 g/mol. The van der Waals surface area contributed by atoms with Gasteiger partial charge >= 0.3 is 0 Å². The van der Waals surface area contributed by atoms with Crippen LogP contribution < -0.4 is 11.1 Å². The van der Waals surface area contributed by atoms with Gasteiger partial charge in [-0.2, -0.15) is 0 Å². The van der Waals surface area contributed by atoms with Crippen molar-refractivity contribution >= 4 is 17.6 Å². The van der Waals surface area contributed by atoms with Crippen molar-refractivity contribution in [2.24, 2.45) is 5.73 Å². The second kappa shape index (κ2) is 7.61. The Bertz CT molecular complexity index is 456. The van der Waals surface area contributed by atoms with Crippen LogP contribution in [0.2, 0.25) is 0 Å². The van der Waals surface area contributed by atoms with E-state index in [1.54, 1.807) is 20.0 Å². The standard InChI is InChI=1S/C12H20N4O4/c1-8-4-10(15-20-8)14-11(17)7-16(2)12(18)5-9(6-13)19-3/h4,9H,5-7,13H2,1-3H3,(H,14,15,17). The van der Waals surface area contributed by atoms with E-state index in [0.717, 1.165) is 0 Å². The SMILES string of the molecule is COC(CN)CC(=O)N(C)CC(=O)Nc1cc(C)on1. The number of hydrogen-bond acceptors (Lipinski definition) is 6. The molecule has 0 bridgehead atoms. The Morgan fingerprint density at radius 2 is 2.30 bits per heavy atom. The summed E-state index contributed by atoms with van der Waals surface area (Å²) in [6.07, 6.45) is -0.203. The summed E-state index contributed by atoms with van der Waals surface area (Å²) in [5, 5.41) is 6.17. The molecule has 0 saturated heterocycles. The largest absolute Gasteiger partial charge is 0.380 e. The summed E-state index contributed by atoms with van der Waals surface area (Å²) in [6, 6.07) is 1.59. The molecular formula is C12H20N4O4. The van der Waals surface area contributed by atoms with Gasteiger partial charge in [0.25, 0.3) is 0 Å². The molecule has 112 valence electrons. The minimum absolute atomic E-state index is 0.0776. The first-order chi connectivity index (χ1) is 9.46. The third-order valence-corrected chi connectivity index (χ3v) is 2.70. The predicted molar refractivity (Wildman–Crippen MR) is 72.0 cm³/mol. The summed E-state index contributed by atoms with van der Waals surface area (Å²) < 4.78 is 9.85. The highest BCUT2D eigenvalue weighted by Gasteiger charge is 2.18. The summed E-state index contributed by atoms with van der Waals surface area (Å²) in [5.41, 5.74) is 5.44. The maximum Gasteiger partial charge on any atom is 0.245 e. The second-order valence-electron chi connectivity index (χ2n) is 4.42. The molecule has 1 rings (SSSR count). The number of carbonyl (C=O) groups excluding carboxylic acids is 2. The first-order valence-corrected chi connectivity index (χ1v) is 6.16. The third-order valence-electron chi connectivity index (χ3n) is 2.70. The molecule has 1 aromatic heterocycles. The average Bonchev–Trinajstić information content (AvgIpc) is 2.80. The maximum atomic E-state index is 11.8. The van der Waals surface area contributed by atoms with Crippen LogP contribution in [-0.4, -0.2) is 55.2 Å². The predicted octanol–water partition coefficient (Wildman–Crippen LogP) is -0.256. The van der Waals surface area contributed by atoms with Crippen LogP contribution >= 0.6 is 0 Å². The number of amides is 2. The molecule has 0 aliphatic rings. The van der Waals surface area contributed by atoms with Crippen molar-refractivity contribution in [3.8, 4) is 0 Å². The van der Waals surface area contributed by atoms with E-state index in [9.17, 15) is 9.59 Å². The Hall–Kier alpha value is -1.93. The zero-order chi connectivity index (χ0) is 15.1. The van der Waals surface area contributed by atoms with Crippen LogP contribution in [0.25, 0.3) is 0 Å². The zero-order valence-corrected chi connectivity index (χ0v) is 11.9. The van der Waals surface area contributed by atoms with Gasteiger partial charge in [0, 0.05) is 26.8 Å². The Balaban J connectivity index is 2.42. The van der Waals surface area contributed by atoms with E-state index in [1.807, 2.05) is 0 Å². The number of methoxy groups -OCH3 is 1. The molecule has 1 atom stereocenters. The van der Waals surface area contributed by atoms with Crippen molar-refractivity contribution in [1.82, 2.24) is 10.1 Å². The van der Waals surface area contributed by atoms with Gasteiger partial charge in [0.05, 0.1) is 19.1 Å². The normalized spacial score (nSPS) is 12.0. The number of rotatable bonds is 7. The molecule has 2 amide bonds. The van der Waals surface area contributed by atoms with Gasteiger partial charge in [-0.05, 0) is 6.92 Å². The van der Waals surface area contributed by atoms with Crippen molar-refractivity contribution < 1.29 is 18.8 Å². The van der Waals surface area contributed by atoms with Gasteiger partial charge in [0.2, 0.25) is 11.8 Å². The van der Waals surface area contributed by atoms with Gasteiger partial charge in [0.1, 0.15) is 5.76 Å². The number of nitrogens with one attached hydrogen (secondary N) is 1. The highest BCUT2D eigenvalue weighted by Crippen LogP contribution is 2.07. The fraction of sp³-hybridized carbons (Fsp3) is 0.583. The van der Waals surface area contributed by atoms with Gasteiger partial charge in [-0.3, -0.25) is 9.59 Å². The summed E-state index contributed by atoms with van der Waals surface area (Å²) in [7, 11) is 3.03. The first-order valence-electron chi connectivity index (χ1n) is 6.16. The van der Waals surface area contributed by atoms with Crippen molar-refractivity contribution in [2.45, 2.75) is 19.4 Å². The van der Waals surface area contributed by atoms with E-state index in [2.05, 4.69) is 10.5 Å². The van der Waals surface area contributed by atoms with Gasteiger partial charge in [0.15, 0.2) is 5.82 Å². The smallest absolute Gasteiger partial charge is 0.245 e. The van der Waals surface area contributed by atoms with Crippen molar-refractivity contribution in [3.05, 3.63) is 11.8 Å². The molecule has 0 radical (unpaired) electrons. The minimum Gasteiger partial charge on any atom is -0.380 e. The number of ether oxygens (including phenoxy) is 1. The zero-order valence-electron chi connectivity index (χ0n) is 11.9. The quantitative estimate of drug-likeness (QED) is 0.714. The first kappa shape index (κ1) is 16.1. The molecule has 0 aromatic carbocycles. The number of aryl methyl sites for hydroxylation is 1. The van der Waals surface area contributed by atoms with E-state index in [-0.39, 0.29) is 37.4 Å². The topological polar surface area (TPSA) is 111 Å². The van der Waals surface area contributed by atoms with Crippen LogP contribution in [0.15, 0.2) is 10.6 Å². The molecule has 20 heavy (non-hydrogen) atoms. The van der Waals surface area contributed by atoms with Gasteiger partial charge in [-0.25, -0.2) is 0 Å². The van der Waals surface area contributed by atoms with E-state index in [0.29, 0.717) is 11.6 Å². The Labute approximate surface area is 117 Å². The van der Waals surface area contributed by atoms with E-state index in [4.69, 9.17) is 15.0 Å². The maximum absolute atomic E-state index is 11.8. The molecule has 1 heterocycles. The van der Waals surface area contributed by atoms with E-state index >= 15 is 0 Å². The highest BCUT2D eigenvalue weighted by atomic mass is 16.5. The molecule has 0 spiro atoms. The number of aromatic nitrogens is 1. The lowest BCUT2D eigenvalue weighted by Gasteiger charge is -2.19. The molecule has 8 heteroatoms. The molecule has 1 aromatic rings. The van der Waals surface area contributed by atoms with Crippen LogP contribution in [0.1, 0.15) is 12.2 Å². The Morgan fingerprint density at radius 1 is 1.60 bits per heavy atom. The van der Waals surface area contributed by atoms with E-state index < -0.39 is 0 Å². The lowest BCUT2D eigenvalue weighted by atomic mass is 10.2. The molecule has 0 saturated carbocycles.